The van der Waals surface area contributed by atoms with Crippen molar-refractivity contribution in [3.8, 4) is 0 Å². The lowest BCUT2D eigenvalue weighted by molar-refractivity contribution is -0.140. The Morgan fingerprint density at radius 1 is 1.71 bits per heavy atom. The number of nitrogens with one attached hydrogen (secondary N) is 1. The minimum absolute atomic E-state index is 0.00809. The molecule has 0 amide bonds. The summed E-state index contributed by atoms with van der Waals surface area (Å²) in [5.41, 5.74) is 0. The number of aryl methyl sites for hydroxylation is 1. The highest BCUT2D eigenvalue weighted by Gasteiger charge is 2.21. The van der Waals surface area contributed by atoms with E-state index in [9.17, 15) is 13.2 Å². The van der Waals surface area contributed by atoms with Crippen molar-refractivity contribution in [1.82, 2.24) is 14.5 Å². The molecule has 0 radical (unpaired) electrons. The number of hydrogen-bond acceptors (Lipinski definition) is 5. The van der Waals surface area contributed by atoms with Crippen molar-refractivity contribution >= 4 is 27.6 Å². The van der Waals surface area contributed by atoms with Gasteiger partial charge >= 0.3 is 5.97 Å². The van der Waals surface area contributed by atoms with E-state index in [1.807, 2.05) is 0 Å². The summed E-state index contributed by atoms with van der Waals surface area (Å²) >= 11 is 5.61. The van der Waals surface area contributed by atoms with Crippen LogP contribution in [0.2, 0.25) is 0 Å². The largest absolute Gasteiger partial charge is 0.468 e. The van der Waals surface area contributed by atoms with Gasteiger partial charge < -0.3 is 4.74 Å². The van der Waals surface area contributed by atoms with Gasteiger partial charge in [0, 0.05) is 19.8 Å². The van der Waals surface area contributed by atoms with Crippen molar-refractivity contribution in [3.63, 3.8) is 0 Å². The summed E-state index contributed by atoms with van der Waals surface area (Å²) in [6.07, 6.45) is 2.54. The second kappa shape index (κ2) is 5.48. The third-order valence-electron chi connectivity index (χ3n) is 1.90. The predicted molar refractivity (Wildman–Crippen MR) is 60.1 cm³/mol. The van der Waals surface area contributed by atoms with E-state index in [-0.39, 0.29) is 11.4 Å². The van der Waals surface area contributed by atoms with Gasteiger partial charge in [0.25, 0.3) is 0 Å². The zero-order valence-electron chi connectivity index (χ0n) is 9.25. The Kier molecular flexibility index (Phi) is 4.49. The maximum atomic E-state index is 11.7. The molecule has 7 nitrogen and oxygen atoms in total. The van der Waals surface area contributed by atoms with Crippen molar-refractivity contribution in [2.45, 2.75) is 10.3 Å². The maximum absolute atomic E-state index is 11.7. The Balaban J connectivity index is 2.66. The molecular weight excluding hydrogens is 270 g/mol. The molecule has 0 spiro atoms. The molecule has 0 saturated carbocycles. The number of carbonyl (C=O) groups excluding carboxylic acids is 1. The van der Waals surface area contributed by atoms with Gasteiger partial charge in [-0.1, -0.05) is 0 Å². The van der Waals surface area contributed by atoms with Crippen LogP contribution in [0.25, 0.3) is 0 Å². The number of nitrogens with zero attached hydrogens (tertiary/aromatic N) is 2. The first-order chi connectivity index (χ1) is 7.86. The standard InChI is InChI=1S/C8H12ClN3O4S/c1-12-5-6(3-10-12)17(14,15)11-4-7(9)8(13)16-2/h3,5,7,11H,4H2,1-2H3. The van der Waals surface area contributed by atoms with Gasteiger partial charge in [-0.05, 0) is 0 Å². The molecule has 1 aromatic heterocycles. The molecule has 0 bridgehead atoms. The average Bonchev–Trinajstić information content (AvgIpc) is 2.72. The highest BCUT2D eigenvalue weighted by Crippen LogP contribution is 2.06. The first kappa shape index (κ1) is 13.9. The monoisotopic (exact) mass is 281 g/mol. The molecule has 1 aromatic rings. The highest BCUT2D eigenvalue weighted by molar-refractivity contribution is 7.89. The summed E-state index contributed by atoms with van der Waals surface area (Å²) in [4.78, 5) is 11.0. The van der Waals surface area contributed by atoms with Crippen LogP contribution in [-0.4, -0.2) is 43.2 Å². The van der Waals surface area contributed by atoms with Gasteiger partial charge in [0.15, 0.2) is 0 Å². The molecule has 1 atom stereocenters. The maximum Gasteiger partial charge on any atom is 0.325 e. The molecule has 1 unspecified atom stereocenters. The number of carbonyl (C=O) groups is 1. The van der Waals surface area contributed by atoms with E-state index in [0.717, 1.165) is 0 Å². The number of ether oxygens (including phenoxy) is 1. The Hall–Kier alpha value is -1.12. The fourth-order valence-corrected chi connectivity index (χ4v) is 2.30. The lowest BCUT2D eigenvalue weighted by Crippen LogP contribution is -2.34. The Bertz CT molecular complexity index is 499. The van der Waals surface area contributed by atoms with E-state index in [0.29, 0.717) is 0 Å². The van der Waals surface area contributed by atoms with Crippen LogP contribution in [0.1, 0.15) is 0 Å². The summed E-state index contributed by atoms with van der Waals surface area (Å²) < 4.78 is 31.3. The van der Waals surface area contributed by atoms with E-state index in [2.05, 4.69) is 14.6 Å². The minimum Gasteiger partial charge on any atom is -0.468 e. The molecule has 1 rings (SSSR count). The second-order valence-corrected chi connectivity index (χ2v) is 5.49. The quantitative estimate of drug-likeness (QED) is 0.579. The van der Waals surface area contributed by atoms with Crippen molar-refractivity contribution in [2.75, 3.05) is 13.7 Å². The van der Waals surface area contributed by atoms with Crippen molar-refractivity contribution in [3.05, 3.63) is 12.4 Å². The van der Waals surface area contributed by atoms with Crippen molar-refractivity contribution < 1.29 is 17.9 Å². The number of aromatic nitrogens is 2. The molecule has 0 aliphatic carbocycles. The SMILES string of the molecule is COC(=O)C(Cl)CNS(=O)(=O)c1cnn(C)c1. The summed E-state index contributed by atoms with van der Waals surface area (Å²) in [5, 5.41) is 2.67. The molecule has 1 N–H and O–H groups in total. The summed E-state index contributed by atoms with van der Waals surface area (Å²) in [6, 6.07) is 0. The van der Waals surface area contributed by atoms with Gasteiger partial charge in [0.1, 0.15) is 10.3 Å². The van der Waals surface area contributed by atoms with Crippen LogP contribution in [0.15, 0.2) is 17.3 Å². The zero-order valence-corrected chi connectivity index (χ0v) is 10.8. The normalized spacial score (nSPS) is 13.4. The van der Waals surface area contributed by atoms with Gasteiger partial charge in [-0.2, -0.15) is 5.10 Å². The molecule has 0 aliphatic rings. The molecule has 17 heavy (non-hydrogen) atoms. The van der Waals surface area contributed by atoms with Gasteiger partial charge in [0.2, 0.25) is 10.0 Å². The smallest absolute Gasteiger partial charge is 0.325 e. The molecular formula is C8H12ClN3O4S. The van der Waals surface area contributed by atoms with Crippen LogP contribution in [0.5, 0.6) is 0 Å². The second-order valence-electron chi connectivity index (χ2n) is 3.19. The first-order valence-corrected chi connectivity index (χ1v) is 6.49. The van der Waals surface area contributed by atoms with E-state index in [4.69, 9.17) is 11.6 Å². The number of esters is 1. The summed E-state index contributed by atoms with van der Waals surface area (Å²) in [6.45, 7) is -0.245. The average molecular weight is 282 g/mol. The molecule has 0 aliphatic heterocycles. The van der Waals surface area contributed by atoms with Gasteiger partial charge in [0.05, 0.1) is 13.3 Å². The van der Waals surface area contributed by atoms with Gasteiger partial charge in [-0.25, -0.2) is 13.1 Å². The van der Waals surface area contributed by atoms with Gasteiger partial charge in [-0.15, -0.1) is 11.6 Å². The predicted octanol–water partition coefficient (Wildman–Crippen LogP) is -0.521. The van der Waals surface area contributed by atoms with Crippen molar-refractivity contribution in [1.29, 1.82) is 0 Å². The van der Waals surface area contributed by atoms with Crippen LogP contribution < -0.4 is 4.72 Å². The third kappa shape index (κ3) is 3.69. The van der Waals surface area contributed by atoms with Crippen molar-refractivity contribution in [2.24, 2.45) is 7.05 Å². The Morgan fingerprint density at radius 2 is 2.35 bits per heavy atom. The number of methoxy groups -OCH3 is 1. The van der Waals surface area contributed by atoms with Crippen LogP contribution >= 0.6 is 11.6 Å². The summed E-state index contributed by atoms with van der Waals surface area (Å²) in [5.74, 6) is -0.694. The lowest BCUT2D eigenvalue weighted by atomic mass is 10.4. The summed E-state index contributed by atoms with van der Waals surface area (Å²) in [7, 11) is -0.933. The molecule has 9 heteroatoms. The Morgan fingerprint density at radius 3 is 2.82 bits per heavy atom. The number of hydrogen-bond donors (Lipinski definition) is 1. The van der Waals surface area contributed by atoms with Crippen LogP contribution in [0, 0.1) is 0 Å². The minimum atomic E-state index is -3.70. The number of rotatable bonds is 5. The highest BCUT2D eigenvalue weighted by atomic mass is 35.5. The van der Waals surface area contributed by atoms with Crippen LogP contribution in [-0.2, 0) is 26.6 Å². The van der Waals surface area contributed by atoms with Crippen LogP contribution in [0.4, 0.5) is 0 Å². The van der Waals surface area contributed by atoms with E-state index in [1.165, 1.54) is 24.2 Å². The molecule has 1 heterocycles. The van der Waals surface area contributed by atoms with Crippen LogP contribution in [0.3, 0.4) is 0 Å². The molecule has 0 saturated heterocycles. The number of sulfonamides is 1. The third-order valence-corrected chi connectivity index (χ3v) is 3.61. The zero-order chi connectivity index (χ0) is 13.1. The van der Waals surface area contributed by atoms with E-state index < -0.39 is 21.4 Å². The molecule has 0 fully saturated rings. The molecule has 0 aromatic carbocycles. The lowest BCUT2D eigenvalue weighted by Gasteiger charge is -2.08. The molecule has 96 valence electrons. The fraction of sp³-hybridized carbons (Fsp3) is 0.500. The number of alkyl halides is 1. The fourth-order valence-electron chi connectivity index (χ4n) is 1.01. The Labute approximate surface area is 104 Å². The van der Waals surface area contributed by atoms with E-state index in [1.54, 1.807) is 7.05 Å². The van der Waals surface area contributed by atoms with E-state index >= 15 is 0 Å². The van der Waals surface area contributed by atoms with Gasteiger partial charge in [-0.3, -0.25) is 9.48 Å². The number of halogens is 1. The first-order valence-electron chi connectivity index (χ1n) is 4.57. The topological polar surface area (TPSA) is 90.3 Å².